The zero-order valence-corrected chi connectivity index (χ0v) is 12.1. The summed E-state index contributed by atoms with van der Waals surface area (Å²) in [7, 11) is 2.04. The van der Waals surface area contributed by atoms with Gasteiger partial charge in [0, 0.05) is 32.0 Å². The van der Waals surface area contributed by atoms with Crippen molar-refractivity contribution in [3.63, 3.8) is 0 Å². The van der Waals surface area contributed by atoms with E-state index in [1.807, 2.05) is 25.2 Å². The molecule has 0 aliphatic heterocycles. The Morgan fingerprint density at radius 2 is 2.05 bits per heavy atom. The molecule has 0 saturated heterocycles. The second-order valence-electron chi connectivity index (χ2n) is 4.52. The number of anilines is 2. The van der Waals surface area contributed by atoms with Crippen LogP contribution in [-0.2, 0) is 0 Å². The molecular weight excluding hydrogens is 277 g/mol. The van der Waals surface area contributed by atoms with Crippen LogP contribution in [0.4, 0.5) is 15.9 Å². The Hall–Kier alpha value is -1.81. The van der Waals surface area contributed by atoms with Crippen LogP contribution < -0.4 is 10.2 Å². The number of benzene rings is 1. The fourth-order valence-corrected chi connectivity index (χ4v) is 2.02. The monoisotopic (exact) mass is 293 g/mol. The van der Waals surface area contributed by atoms with Crippen molar-refractivity contribution in [2.75, 3.05) is 30.4 Å². The van der Waals surface area contributed by atoms with Crippen molar-refractivity contribution in [2.24, 2.45) is 0 Å². The second-order valence-corrected chi connectivity index (χ2v) is 4.96. The summed E-state index contributed by atoms with van der Waals surface area (Å²) in [6.07, 6.45) is 2.32. The number of hydrogen-bond acceptors (Lipinski definition) is 3. The van der Waals surface area contributed by atoms with E-state index in [4.69, 9.17) is 11.6 Å². The summed E-state index contributed by atoms with van der Waals surface area (Å²) >= 11 is 5.65. The third-order valence-electron chi connectivity index (χ3n) is 2.97. The quantitative estimate of drug-likeness (QED) is 0.821. The minimum atomic E-state index is -0.422. The Bertz CT molecular complexity index is 548. The Morgan fingerprint density at radius 3 is 2.75 bits per heavy atom. The first-order chi connectivity index (χ1) is 9.66. The standard InChI is InChI=1S/C15H17ClFN3/c1-20(13-6-3-2-4-7-13)9-5-8-18-15-14(17)10-12(16)11-19-15/h2-4,6-7,10-11H,5,8-9H2,1H3,(H,18,19). The summed E-state index contributed by atoms with van der Waals surface area (Å²) in [5, 5.41) is 3.28. The molecule has 1 aromatic heterocycles. The lowest BCUT2D eigenvalue weighted by Gasteiger charge is -2.19. The third kappa shape index (κ3) is 4.10. The number of rotatable bonds is 6. The van der Waals surface area contributed by atoms with Crippen LogP contribution in [0.25, 0.3) is 0 Å². The molecule has 1 aromatic carbocycles. The number of pyridine rings is 1. The molecule has 0 bridgehead atoms. The molecule has 0 atom stereocenters. The van der Waals surface area contributed by atoms with Gasteiger partial charge in [-0.25, -0.2) is 9.37 Å². The van der Waals surface area contributed by atoms with E-state index in [0.717, 1.165) is 13.0 Å². The summed E-state index contributed by atoms with van der Waals surface area (Å²) in [6, 6.07) is 11.4. The largest absolute Gasteiger partial charge is 0.375 e. The van der Waals surface area contributed by atoms with Gasteiger partial charge in [-0.15, -0.1) is 0 Å². The maximum atomic E-state index is 13.5. The van der Waals surface area contributed by atoms with E-state index in [2.05, 4.69) is 27.3 Å². The highest BCUT2D eigenvalue weighted by Gasteiger charge is 2.04. The number of nitrogens with one attached hydrogen (secondary N) is 1. The third-order valence-corrected chi connectivity index (χ3v) is 3.17. The number of hydrogen-bond donors (Lipinski definition) is 1. The Labute approximate surface area is 123 Å². The fraction of sp³-hybridized carbons (Fsp3) is 0.267. The highest BCUT2D eigenvalue weighted by molar-refractivity contribution is 6.30. The molecule has 0 aliphatic carbocycles. The number of aromatic nitrogens is 1. The van der Waals surface area contributed by atoms with Crippen LogP contribution in [0.1, 0.15) is 6.42 Å². The highest BCUT2D eigenvalue weighted by atomic mass is 35.5. The summed E-state index contributed by atoms with van der Waals surface area (Å²) in [5.41, 5.74) is 1.17. The van der Waals surface area contributed by atoms with Crippen molar-refractivity contribution >= 4 is 23.1 Å². The van der Waals surface area contributed by atoms with Gasteiger partial charge < -0.3 is 10.2 Å². The molecule has 0 unspecified atom stereocenters. The minimum Gasteiger partial charge on any atom is -0.375 e. The average Bonchev–Trinajstić information content (AvgIpc) is 2.46. The lowest BCUT2D eigenvalue weighted by molar-refractivity contribution is 0.623. The van der Waals surface area contributed by atoms with Gasteiger partial charge in [0.05, 0.1) is 5.02 Å². The zero-order chi connectivity index (χ0) is 14.4. The van der Waals surface area contributed by atoms with Gasteiger partial charge in [0.15, 0.2) is 11.6 Å². The fourth-order valence-electron chi connectivity index (χ4n) is 1.88. The minimum absolute atomic E-state index is 0.247. The SMILES string of the molecule is CN(CCCNc1ncc(Cl)cc1F)c1ccccc1. The molecule has 0 spiro atoms. The zero-order valence-electron chi connectivity index (χ0n) is 11.3. The molecule has 3 nitrogen and oxygen atoms in total. The molecule has 1 N–H and O–H groups in total. The predicted octanol–water partition coefficient (Wildman–Crippen LogP) is 3.81. The van der Waals surface area contributed by atoms with E-state index >= 15 is 0 Å². The molecule has 0 radical (unpaired) electrons. The van der Waals surface area contributed by atoms with E-state index in [9.17, 15) is 4.39 Å². The van der Waals surface area contributed by atoms with Crippen molar-refractivity contribution in [1.29, 1.82) is 0 Å². The first-order valence-electron chi connectivity index (χ1n) is 6.48. The van der Waals surface area contributed by atoms with Gasteiger partial charge in [0.2, 0.25) is 0 Å². The van der Waals surface area contributed by atoms with E-state index < -0.39 is 5.82 Å². The molecule has 20 heavy (non-hydrogen) atoms. The van der Waals surface area contributed by atoms with Crippen molar-refractivity contribution in [3.05, 3.63) is 53.4 Å². The smallest absolute Gasteiger partial charge is 0.166 e. The molecule has 0 saturated carbocycles. The Kier molecular flexibility index (Phi) is 5.18. The Balaban J connectivity index is 1.76. The molecular formula is C15H17ClFN3. The molecule has 0 amide bonds. The van der Waals surface area contributed by atoms with Crippen LogP contribution in [0.2, 0.25) is 5.02 Å². The van der Waals surface area contributed by atoms with Crippen LogP contribution in [-0.4, -0.2) is 25.1 Å². The van der Waals surface area contributed by atoms with Crippen molar-refractivity contribution in [3.8, 4) is 0 Å². The van der Waals surface area contributed by atoms with E-state index in [0.29, 0.717) is 11.6 Å². The van der Waals surface area contributed by atoms with Gasteiger partial charge in [0.1, 0.15) is 0 Å². The highest BCUT2D eigenvalue weighted by Crippen LogP contribution is 2.15. The number of halogens is 2. The van der Waals surface area contributed by atoms with Gasteiger partial charge >= 0.3 is 0 Å². The molecule has 5 heteroatoms. The molecule has 0 aliphatic rings. The first kappa shape index (κ1) is 14.6. The maximum absolute atomic E-state index is 13.5. The van der Waals surface area contributed by atoms with E-state index in [1.54, 1.807) is 0 Å². The topological polar surface area (TPSA) is 28.2 Å². The molecule has 0 fully saturated rings. The van der Waals surface area contributed by atoms with Crippen molar-refractivity contribution < 1.29 is 4.39 Å². The average molecular weight is 294 g/mol. The lowest BCUT2D eigenvalue weighted by atomic mass is 10.3. The van der Waals surface area contributed by atoms with Gasteiger partial charge in [-0.1, -0.05) is 29.8 Å². The van der Waals surface area contributed by atoms with Crippen LogP contribution in [0.3, 0.4) is 0 Å². The van der Waals surface area contributed by atoms with Gasteiger partial charge in [-0.3, -0.25) is 0 Å². The normalized spacial score (nSPS) is 10.3. The van der Waals surface area contributed by atoms with Crippen LogP contribution >= 0.6 is 11.6 Å². The van der Waals surface area contributed by atoms with Crippen LogP contribution in [0.5, 0.6) is 0 Å². The van der Waals surface area contributed by atoms with Crippen molar-refractivity contribution in [1.82, 2.24) is 4.98 Å². The lowest BCUT2D eigenvalue weighted by Crippen LogP contribution is -2.21. The summed E-state index contributed by atoms with van der Waals surface area (Å²) in [4.78, 5) is 6.08. The Morgan fingerprint density at radius 1 is 1.30 bits per heavy atom. The predicted molar refractivity (Wildman–Crippen MR) is 82.0 cm³/mol. The van der Waals surface area contributed by atoms with E-state index in [-0.39, 0.29) is 5.82 Å². The van der Waals surface area contributed by atoms with E-state index in [1.165, 1.54) is 18.0 Å². The summed E-state index contributed by atoms with van der Waals surface area (Å²) in [5.74, 6) is -0.175. The molecule has 2 aromatic rings. The molecule has 2 rings (SSSR count). The molecule has 106 valence electrons. The molecule has 1 heterocycles. The number of para-hydroxylation sites is 1. The van der Waals surface area contributed by atoms with Crippen LogP contribution in [0, 0.1) is 5.82 Å². The summed E-state index contributed by atoms with van der Waals surface area (Å²) < 4.78 is 13.5. The van der Waals surface area contributed by atoms with Crippen molar-refractivity contribution in [2.45, 2.75) is 6.42 Å². The second kappa shape index (κ2) is 7.10. The van der Waals surface area contributed by atoms with Gasteiger partial charge in [-0.05, 0) is 24.6 Å². The number of nitrogens with zero attached hydrogens (tertiary/aromatic N) is 2. The summed E-state index contributed by atoms with van der Waals surface area (Å²) in [6.45, 7) is 1.54. The van der Waals surface area contributed by atoms with Gasteiger partial charge in [0.25, 0.3) is 0 Å². The first-order valence-corrected chi connectivity index (χ1v) is 6.86. The van der Waals surface area contributed by atoms with Gasteiger partial charge in [-0.2, -0.15) is 0 Å². The maximum Gasteiger partial charge on any atom is 0.166 e. The van der Waals surface area contributed by atoms with Crippen LogP contribution in [0.15, 0.2) is 42.6 Å².